The van der Waals surface area contributed by atoms with E-state index >= 15 is 0 Å². The summed E-state index contributed by atoms with van der Waals surface area (Å²) in [4.78, 5) is 35.8. The van der Waals surface area contributed by atoms with Crippen LogP contribution in [-0.2, 0) is 23.4 Å². The van der Waals surface area contributed by atoms with E-state index in [1.165, 1.54) is 10.4 Å². The largest absolute Gasteiger partial charge is 0.342 e. The number of H-pyrrole nitrogens is 1. The van der Waals surface area contributed by atoms with E-state index in [0.717, 1.165) is 29.5 Å². The molecule has 8 heteroatoms. The van der Waals surface area contributed by atoms with Gasteiger partial charge in [0.15, 0.2) is 0 Å². The first kappa shape index (κ1) is 18.4. The molecule has 0 aliphatic heterocycles. The Morgan fingerprint density at radius 1 is 1.48 bits per heavy atom. The summed E-state index contributed by atoms with van der Waals surface area (Å²) in [6.45, 7) is 2.40. The van der Waals surface area contributed by atoms with Crippen LogP contribution in [0.25, 0.3) is 10.2 Å². The first-order valence-electron chi connectivity index (χ1n) is 8.58. The number of likely N-dealkylation sites (N-methyl/N-ethyl adjacent to an activating group) is 1. The van der Waals surface area contributed by atoms with Crippen LogP contribution in [0, 0.1) is 0 Å². The quantitative estimate of drug-likeness (QED) is 0.716. The molecule has 2 aromatic heterocycles. The average molecular weight is 381 g/mol. The molecule has 1 unspecified atom stereocenters. The van der Waals surface area contributed by atoms with E-state index in [1.807, 2.05) is 6.92 Å². The predicted octanol–water partition coefficient (Wildman–Crippen LogP) is 1.90. The Morgan fingerprint density at radius 3 is 3.04 bits per heavy atom. The van der Waals surface area contributed by atoms with Gasteiger partial charge in [-0.05, 0) is 31.7 Å². The standard InChI is InChI=1S/C17H24N4O2S2/c1-10(8-18)21(2)14(22)6-7-24-9-13-19-16(23)15-11-4-3-5-12(11)25-17(15)20-13/h10H,3-9,18H2,1-2H3,(H,19,20,23). The Kier molecular flexibility index (Phi) is 5.81. The number of nitrogens with zero attached hydrogens (tertiary/aromatic N) is 2. The van der Waals surface area contributed by atoms with Crippen molar-refractivity contribution in [2.45, 2.75) is 44.4 Å². The number of aromatic nitrogens is 2. The molecule has 0 bridgehead atoms. The summed E-state index contributed by atoms with van der Waals surface area (Å²) in [5.74, 6) is 2.09. The molecule has 2 aromatic rings. The van der Waals surface area contributed by atoms with Crippen molar-refractivity contribution < 1.29 is 4.79 Å². The summed E-state index contributed by atoms with van der Waals surface area (Å²) in [5.41, 5.74) is 6.77. The van der Waals surface area contributed by atoms with Gasteiger partial charge in [-0.1, -0.05) is 0 Å². The monoisotopic (exact) mass is 380 g/mol. The molecule has 1 amide bonds. The maximum Gasteiger partial charge on any atom is 0.259 e. The molecule has 136 valence electrons. The van der Waals surface area contributed by atoms with Crippen molar-refractivity contribution in [1.82, 2.24) is 14.9 Å². The Labute approximate surface area is 155 Å². The van der Waals surface area contributed by atoms with Gasteiger partial charge in [-0.25, -0.2) is 4.98 Å². The van der Waals surface area contributed by atoms with Crippen molar-refractivity contribution in [3.63, 3.8) is 0 Å². The maximum atomic E-state index is 12.4. The fraction of sp³-hybridized carbons (Fsp3) is 0.588. The second-order valence-corrected chi connectivity index (χ2v) is 8.63. The van der Waals surface area contributed by atoms with Crippen LogP contribution < -0.4 is 11.3 Å². The number of carbonyl (C=O) groups excluding carboxylic acids is 1. The van der Waals surface area contributed by atoms with Gasteiger partial charge in [0.25, 0.3) is 5.56 Å². The normalized spacial score (nSPS) is 14.7. The number of fused-ring (bicyclic) bond motifs is 3. The first-order chi connectivity index (χ1) is 12.0. The van der Waals surface area contributed by atoms with Gasteiger partial charge in [0.05, 0.1) is 11.1 Å². The summed E-state index contributed by atoms with van der Waals surface area (Å²) < 4.78 is 0. The summed E-state index contributed by atoms with van der Waals surface area (Å²) in [6, 6.07) is 0.0544. The fourth-order valence-electron chi connectivity index (χ4n) is 3.02. The number of aromatic amines is 1. The van der Waals surface area contributed by atoms with E-state index in [4.69, 9.17) is 5.73 Å². The number of amides is 1. The number of aryl methyl sites for hydroxylation is 2. The van der Waals surface area contributed by atoms with Crippen LogP contribution in [0.15, 0.2) is 4.79 Å². The molecule has 25 heavy (non-hydrogen) atoms. The van der Waals surface area contributed by atoms with E-state index in [-0.39, 0.29) is 17.5 Å². The van der Waals surface area contributed by atoms with E-state index in [9.17, 15) is 9.59 Å². The molecule has 3 N–H and O–H groups in total. The lowest BCUT2D eigenvalue weighted by Crippen LogP contribution is -2.39. The van der Waals surface area contributed by atoms with Gasteiger partial charge >= 0.3 is 0 Å². The van der Waals surface area contributed by atoms with Crippen LogP contribution in [-0.4, -0.2) is 46.2 Å². The molecule has 0 radical (unpaired) electrons. The lowest BCUT2D eigenvalue weighted by molar-refractivity contribution is -0.131. The van der Waals surface area contributed by atoms with Crippen LogP contribution in [0.2, 0.25) is 0 Å². The Morgan fingerprint density at radius 2 is 2.28 bits per heavy atom. The highest BCUT2D eigenvalue weighted by atomic mass is 32.2. The van der Waals surface area contributed by atoms with E-state index in [0.29, 0.717) is 30.3 Å². The highest BCUT2D eigenvalue weighted by Crippen LogP contribution is 2.34. The molecule has 3 rings (SSSR count). The molecule has 1 atom stereocenters. The number of rotatable bonds is 7. The topological polar surface area (TPSA) is 92.1 Å². The second kappa shape index (κ2) is 7.88. The zero-order chi connectivity index (χ0) is 18.0. The van der Waals surface area contributed by atoms with E-state index in [2.05, 4.69) is 9.97 Å². The third kappa shape index (κ3) is 3.91. The van der Waals surface area contributed by atoms with Crippen molar-refractivity contribution in [1.29, 1.82) is 0 Å². The van der Waals surface area contributed by atoms with Gasteiger partial charge in [0, 0.05) is 36.7 Å². The van der Waals surface area contributed by atoms with Crippen LogP contribution in [0.5, 0.6) is 0 Å². The number of hydrogen-bond acceptors (Lipinski definition) is 6. The smallest absolute Gasteiger partial charge is 0.259 e. The molecular weight excluding hydrogens is 356 g/mol. The minimum atomic E-state index is -0.0208. The number of thioether (sulfide) groups is 1. The van der Waals surface area contributed by atoms with Crippen LogP contribution in [0.3, 0.4) is 0 Å². The molecule has 0 saturated heterocycles. The van der Waals surface area contributed by atoms with Crippen molar-refractivity contribution in [3.8, 4) is 0 Å². The third-order valence-corrected chi connectivity index (χ3v) is 6.87. The summed E-state index contributed by atoms with van der Waals surface area (Å²) in [6.07, 6.45) is 3.66. The number of carbonyl (C=O) groups is 1. The van der Waals surface area contributed by atoms with Crippen molar-refractivity contribution >= 4 is 39.2 Å². The number of nitrogens with two attached hydrogens (primary N) is 1. The Balaban J connectivity index is 1.57. The molecule has 0 saturated carbocycles. The van der Waals surface area contributed by atoms with Gasteiger partial charge in [-0.3, -0.25) is 9.59 Å². The molecule has 0 aromatic carbocycles. The van der Waals surface area contributed by atoms with Crippen LogP contribution >= 0.6 is 23.1 Å². The molecule has 1 aliphatic carbocycles. The maximum absolute atomic E-state index is 12.4. The zero-order valence-electron chi connectivity index (χ0n) is 14.6. The Bertz CT molecular complexity index is 830. The number of hydrogen-bond donors (Lipinski definition) is 2. The van der Waals surface area contributed by atoms with E-state index < -0.39 is 0 Å². The predicted molar refractivity (Wildman–Crippen MR) is 104 cm³/mol. The highest BCUT2D eigenvalue weighted by Gasteiger charge is 2.21. The van der Waals surface area contributed by atoms with Crippen LogP contribution in [0.1, 0.15) is 36.0 Å². The van der Waals surface area contributed by atoms with Gasteiger partial charge in [-0.2, -0.15) is 11.8 Å². The van der Waals surface area contributed by atoms with Gasteiger partial charge in [0.1, 0.15) is 10.7 Å². The molecule has 0 fully saturated rings. The number of nitrogens with one attached hydrogen (secondary N) is 1. The van der Waals surface area contributed by atoms with Gasteiger partial charge in [0.2, 0.25) is 5.91 Å². The van der Waals surface area contributed by atoms with Crippen molar-refractivity contribution in [2.24, 2.45) is 5.73 Å². The molecule has 0 spiro atoms. The SMILES string of the molecule is CC(CN)N(C)C(=O)CCSCc1nc2sc3c(c2c(=O)[nH]1)CCC3. The minimum Gasteiger partial charge on any atom is -0.342 e. The summed E-state index contributed by atoms with van der Waals surface area (Å²) in [7, 11) is 1.79. The molecule has 6 nitrogen and oxygen atoms in total. The van der Waals surface area contributed by atoms with Gasteiger partial charge < -0.3 is 15.6 Å². The number of thiophene rings is 1. The lowest BCUT2D eigenvalue weighted by Gasteiger charge is -2.23. The van der Waals surface area contributed by atoms with Gasteiger partial charge in [-0.15, -0.1) is 11.3 Å². The summed E-state index contributed by atoms with van der Waals surface area (Å²) in [5, 5.41) is 0.791. The third-order valence-electron chi connectivity index (χ3n) is 4.72. The first-order valence-corrected chi connectivity index (χ1v) is 10.5. The van der Waals surface area contributed by atoms with E-state index in [1.54, 1.807) is 35.0 Å². The van der Waals surface area contributed by atoms with Crippen molar-refractivity contribution in [2.75, 3.05) is 19.3 Å². The van der Waals surface area contributed by atoms with Crippen molar-refractivity contribution in [3.05, 3.63) is 26.6 Å². The summed E-state index contributed by atoms with van der Waals surface area (Å²) >= 11 is 3.27. The molecule has 1 aliphatic rings. The van der Waals surface area contributed by atoms with Crippen LogP contribution in [0.4, 0.5) is 0 Å². The Hall–Kier alpha value is -1.38. The minimum absolute atomic E-state index is 0.0208. The molecule has 2 heterocycles. The second-order valence-electron chi connectivity index (χ2n) is 6.44. The molecular formula is C17H24N4O2S2. The highest BCUT2D eigenvalue weighted by molar-refractivity contribution is 7.98. The zero-order valence-corrected chi connectivity index (χ0v) is 16.3. The lowest BCUT2D eigenvalue weighted by atomic mass is 10.2. The average Bonchev–Trinajstić information content (AvgIpc) is 3.17. The fourth-order valence-corrected chi connectivity index (χ4v) is 5.10.